The van der Waals surface area contributed by atoms with Crippen LogP contribution in [0.5, 0.6) is 0 Å². The average molecular weight is 293 g/mol. The average Bonchev–Trinajstić information content (AvgIpc) is 2.38. The van der Waals surface area contributed by atoms with Gasteiger partial charge < -0.3 is 15.2 Å². The summed E-state index contributed by atoms with van der Waals surface area (Å²) >= 11 is 0. The van der Waals surface area contributed by atoms with Gasteiger partial charge in [-0.25, -0.2) is 4.79 Å². The third kappa shape index (κ3) is 3.69. The van der Waals surface area contributed by atoms with E-state index in [2.05, 4.69) is 5.10 Å². The lowest BCUT2D eigenvalue weighted by Gasteiger charge is -2.11. The third-order valence-electron chi connectivity index (χ3n) is 2.37. The Morgan fingerprint density at radius 2 is 1.71 bits per heavy atom. The van der Waals surface area contributed by atoms with Crippen molar-refractivity contribution in [3.63, 3.8) is 0 Å². The monoisotopic (exact) mass is 293 g/mol. The van der Waals surface area contributed by atoms with Gasteiger partial charge in [-0.3, -0.25) is 9.59 Å². The fourth-order valence-electron chi connectivity index (χ4n) is 1.49. The number of para-hydroxylation sites is 1. The maximum atomic E-state index is 11.3. The van der Waals surface area contributed by atoms with Crippen LogP contribution < -0.4 is 5.12 Å². The summed E-state index contributed by atoms with van der Waals surface area (Å²) in [6, 6.07) is 5.04. The van der Waals surface area contributed by atoms with E-state index in [1.54, 1.807) is 0 Å². The summed E-state index contributed by atoms with van der Waals surface area (Å²) in [5.74, 6) is -2.93. The molecular formula is C12H11N3O6. The van der Waals surface area contributed by atoms with Gasteiger partial charge in [-0.1, -0.05) is 12.1 Å². The molecule has 0 saturated carbocycles. The van der Waals surface area contributed by atoms with Crippen molar-refractivity contribution < 1.29 is 24.5 Å². The Kier molecular flexibility index (Phi) is 4.84. The van der Waals surface area contributed by atoms with Crippen LogP contribution >= 0.6 is 0 Å². The first-order valence-electron chi connectivity index (χ1n) is 5.63. The number of benzene rings is 1. The highest BCUT2D eigenvalue weighted by Crippen LogP contribution is 2.21. The Balaban J connectivity index is 3.49. The van der Waals surface area contributed by atoms with E-state index in [-0.39, 0.29) is 16.4 Å². The summed E-state index contributed by atoms with van der Waals surface area (Å²) in [5.41, 5.74) is -1.40. The highest BCUT2D eigenvalue weighted by molar-refractivity contribution is 6.65. The van der Waals surface area contributed by atoms with Gasteiger partial charge in [0.25, 0.3) is 5.71 Å². The number of rotatable bonds is 6. The zero-order chi connectivity index (χ0) is 16.2. The van der Waals surface area contributed by atoms with Crippen molar-refractivity contribution >= 4 is 28.9 Å². The summed E-state index contributed by atoms with van der Waals surface area (Å²) in [4.78, 5) is 44.7. The lowest BCUT2D eigenvalue weighted by atomic mass is 10.2. The molecule has 0 amide bonds. The van der Waals surface area contributed by atoms with Crippen molar-refractivity contribution in [2.75, 3.05) is 5.12 Å². The van der Waals surface area contributed by atoms with Gasteiger partial charge >= 0.3 is 5.97 Å². The smallest absolute Gasteiger partial charge is 0.338 e. The predicted octanol–water partition coefficient (Wildman–Crippen LogP) is 0.917. The standard InChI is InChI=1S/C12H11N3O6/c1-7(16)11(8(2)17)13-14(15(20)21)10-6-4-3-5-9(10)12(18)19/h3-6H,1-2H3,(H,18,19). The summed E-state index contributed by atoms with van der Waals surface area (Å²) in [6.07, 6.45) is 0. The molecule has 0 saturated heterocycles. The Morgan fingerprint density at radius 1 is 1.19 bits per heavy atom. The molecule has 0 aliphatic heterocycles. The number of carboxylic acids is 1. The number of hydrogen-bond donors (Lipinski definition) is 1. The largest absolute Gasteiger partial charge is 0.478 e. The van der Waals surface area contributed by atoms with E-state index in [4.69, 9.17) is 5.11 Å². The summed E-state index contributed by atoms with van der Waals surface area (Å²) in [7, 11) is 0. The van der Waals surface area contributed by atoms with Crippen LogP contribution in [0.4, 0.5) is 5.69 Å². The van der Waals surface area contributed by atoms with Crippen molar-refractivity contribution in [2.24, 2.45) is 5.10 Å². The molecule has 0 aromatic heterocycles. The molecule has 1 N–H and O–H groups in total. The molecule has 9 heteroatoms. The Labute approximate surface area is 118 Å². The van der Waals surface area contributed by atoms with Crippen molar-refractivity contribution in [1.29, 1.82) is 0 Å². The molecule has 110 valence electrons. The predicted molar refractivity (Wildman–Crippen MR) is 71.7 cm³/mol. The normalized spacial score (nSPS) is 9.62. The highest BCUT2D eigenvalue weighted by Gasteiger charge is 2.28. The number of anilines is 1. The minimum absolute atomic E-state index is 0.0988. The fourth-order valence-corrected chi connectivity index (χ4v) is 1.49. The fraction of sp³-hybridized carbons (Fsp3) is 0.167. The zero-order valence-electron chi connectivity index (χ0n) is 11.1. The minimum atomic E-state index is -1.40. The maximum Gasteiger partial charge on any atom is 0.338 e. The van der Waals surface area contributed by atoms with Gasteiger partial charge in [0, 0.05) is 19.0 Å². The molecular weight excluding hydrogens is 282 g/mol. The maximum absolute atomic E-state index is 11.3. The number of carbonyl (C=O) groups excluding carboxylic acids is 2. The second-order valence-corrected chi connectivity index (χ2v) is 3.91. The van der Waals surface area contributed by atoms with Crippen LogP contribution in [-0.2, 0) is 9.59 Å². The van der Waals surface area contributed by atoms with Crippen LogP contribution in [0.2, 0.25) is 0 Å². The molecule has 1 aromatic carbocycles. The summed E-state index contributed by atoms with van der Waals surface area (Å²) in [6.45, 7) is 2.06. The third-order valence-corrected chi connectivity index (χ3v) is 2.37. The van der Waals surface area contributed by atoms with Crippen LogP contribution in [0.3, 0.4) is 0 Å². The molecule has 0 heterocycles. The van der Waals surface area contributed by atoms with Crippen molar-refractivity contribution in [1.82, 2.24) is 0 Å². The van der Waals surface area contributed by atoms with E-state index >= 15 is 0 Å². The molecule has 0 unspecified atom stereocenters. The Morgan fingerprint density at radius 3 is 2.14 bits per heavy atom. The van der Waals surface area contributed by atoms with E-state index in [1.165, 1.54) is 12.1 Å². The van der Waals surface area contributed by atoms with Gasteiger partial charge in [0.1, 0.15) is 5.69 Å². The van der Waals surface area contributed by atoms with E-state index in [0.29, 0.717) is 0 Å². The Bertz CT molecular complexity index is 636. The molecule has 21 heavy (non-hydrogen) atoms. The second-order valence-electron chi connectivity index (χ2n) is 3.91. The SMILES string of the molecule is CC(=O)C(=NN(c1ccccc1C(=O)O)[N+](=O)[O-])C(C)=O. The number of hydrazone groups is 1. The molecule has 0 aliphatic rings. The molecule has 1 rings (SSSR count). The van der Waals surface area contributed by atoms with Crippen LogP contribution in [0.25, 0.3) is 0 Å². The number of ketones is 2. The van der Waals surface area contributed by atoms with Crippen molar-refractivity contribution in [2.45, 2.75) is 13.8 Å². The molecule has 0 bridgehead atoms. The van der Waals surface area contributed by atoms with Crippen LogP contribution in [0, 0.1) is 10.1 Å². The second kappa shape index (κ2) is 6.37. The van der Waals surface area contributed by atoms with E-state index in [0.717, 1.165) is 26.0 Å². The summed E-state index contributed by atoms with van der Waals surface area (Å²) < 4.78 is 0. The molecule has 0 spiro atoms. The van der Waals surface area contributed by atoms with E-state index in [9.17, 15) is 24.5 Å². The van der Waals surface area contributed by atoms with Crippen LogP contribution in [-0.4, -0.2) is 33.4 Å². The van der Waals surface area contributed by atoms with Gasteiger partial charge in [-0.15, -0.1) is 0 Å². The number of nitro groups is 1. The van der Waals surface area contributed by atoms with Gasteiger partial charge in [-0.2, -0.15) is 0 Å². The Hall–Kier alpha value is -3.10. The number of hydrazine groups is 1. The quantitative estimate of drug-likeness (QED) is 0.357. The first-order valence-corrected chi connectivity index (χ1v) is 5.63. The molecule has 0 atom stereocenters. The zero-order valence-corrected chi connectivity index (χ0v) is 11.1. The van der Waals surface area contributed by atoms with Gasteiger partial charge in [-0.05, 0) is 12.1 Å². The first kappa shape index (κ1) is 16.0. The number of nitrogens with zero attached hydrogens (tertiary/aromatic N) is 3. The highest BCUT2D eigenvalue weighted by atomic mass is 16.7. The molecule has 1 aromatic rings. The van der Waals surface area contributed by atoms with Gasteiger partial charge in [0.15, 0.2) is 0 Å². The number of carbonyl (C=O) groups is 3. The molecule has 0 fully saturated rings. The van der Waals surface area contributed by atoms with Gasteiger partial charge in [0.05, 0.1) is 15.7 Å². The van der Waals surface area contributed by atoms with Crippen LogP contribution in [0.1, 0.15) is 24.2 Å². The number of Topliss-reactive ketones (excluding diaryl/α,β-unsaturated/α-hetero) is 2. The lowest BCUT2D eigenvalue weighted by Crippen LogP contribution is -2.31. The topological polar surface area (TPSA) is 130 Å². The van der Waals surface area contributed by atoms with Crippen molar-refractivity contribution in [3.8, 4) is 0 Å². The molecule has 0 aliphatic carbocycles. The summed E-state index contributed by atoms with van der Waals surface area (Å²) in [5, 5.41) is 22.5. The minimum Gasteiger partial charge on any atom is -0.478 e. The van der Waals surface area contributed by atoms with Crippen LogP contribution in [0.15, 0.2) is 29.4 Å². The van der Waals surface area contributed by atoms with E-state index < -0.39 is 28.3 Å². The first-order chi connectivity index (χ1) is 9.75. The number of carboxylic acid groups (broad SMARTS) is 1. The lowest BCUT2D eigenvalue weighted by molar-refractivity contribution is -0.495. The molecule has 9 nitrogen and oxygen atoms in total. The van der Waals surface area contributed by atoms with Crippen molar-refractivity contribution in [3.05, 3.63) is 39.9 Å². The molecule has 0 radical (unpaired) electrons. The number of hydrogen-bond acceptors (Lipinski definition) is 6. The van der Waals surface area contributed by atoms with E-state index in [1.807, 2.05) is 0 Å². The number of aromatic carboxylic acids is 1. The van der Waals surface area contributed by atoms with Gasteiger partial charge in [0.2, 0.25) is 11.6 Å².